The molecule has 2 bridgehead atoms. The van der Waals surface area contributed by atoms with Crippen LogP contribution >= 0.6 is 34.9 Å². The van der Waals surface area contributed by atoms with Crippen molar-refractivity contribution >= 4 is 40.8 Å². The first kappa shape index (κ1) is 17.3. The molecule has 132 valence electrons. The number of hydrogen-bond donors (Lipinski definition) is 1. The summed E-state index contributed by atoms with van der Waals surface area (Å²) in [6.45, 7) is 4.57. The molecule has 4 heterocycles. The molecule has 3 fully saturated rings. The lowest BCUT2D eigenvalue weighted by atomic mass is 9.79. The highest BCUT2D eigenvalue weighted by molar-refractivity contribution is 7.99. The van der Waals surface area contributed by atoms with Crippen LogP contribution in [-0.4, -0.2) is 40.4 Å². The van der Waals surface area contributed by atoms with Crippen LogP contribution in [-0.2, 0) is 0 Å². The number of fused-ring (bicyclic) bond motifs is 3. The van der Waals surface area contributed by atoms with Crippen molar-refractivity contribution in [1.29, 1.82) is 0 Å². The van der Waals surface area contributed by atoms with Crippen LogP contribution in [0.4, 0.5) is 0 Å². The van der Waals surface area contributed by atoms with Gasteiger partial charge in [0.15, 0.2) is 0 Å². The minimum Gasteiger partial charge on any atom is -0.347 e. The Morgan fingerprint density at radius 3 is 2.64 bits per heavy atom. The molecule has 3 aliphatic heterocycles. The fourth-order valence-electron chi connectivity index (χ4n) is 3.86. The molecule has 2 atom stereocenters. The Balaban J connectivity index is 1.40. The van der Waals surface area contributed by atoms with E-state index in [4.69, 9.17) is 11.6 Å². The first-order valence-corrected chi connectivity index (χ1v) is 10.5. The molecule has 7 heteroatoms. The van der Waals surface area contributed by atoms with E-state index in [0.717, 1.165) is 9.92 Å². The van der Waals surface area contributed by atoms with Gasteiger partial charge in [0.25, 0.3) is 5.91 Å². The van der Waals surface area contributed by atoms with Crippen LogP contribution in [0.5, 0.6) is 0 Å². The first-order valence-electron chi connectivity index (χ1n) is 8.55. The van der Waals surface area contributed by atoms with Crippen LogP contribution in [0.1, 0.15) is 30.1 Å². The number of rotatable bonds is 4. The van der Waals surface area contributed by atoms with Crippen LogP contribution in [0.25, 0.3) is 0 Å². The third kappa shape index (κ3) is 3.72. The van der Waals surface area contributed by atoms with Crippen LogP contribution in [0.2, 0.25) is 4.34 Å². The van der Waals surface area contributed by atoms with Gasteiger partial charge in [-0.3, -0.25) is 9.69 Å². The van der Waals surface area contributed by atoms with Crippen molar-refractivity contribution in [3.63, 3.8) is 0 Å². The van der Waals surface area contributed by atoms with E-state index in [1.54, 1.807) is 11.8 Å². The standard InChI is InChI=1S/C18H20ClN3OS2/c1-11-17(12-6-8-22(11)9-7-12)20-18(23)13-2-4-14(5-3-13)24-16-10-15(19)25-21-16/h2-5,10-12,17H,6-9H2,1H3,(H,20,23). The number of nitrogens with zero attached hydrogens (tertiary/aromatic N) is 2. The molecule has 0 saturated carbocycles. The van der Waals surface area contributed by atoms with E-state index in [9.17, 15) is 4.79 Å². The number of nitrogens with one attached hydrogen (secondary N) is 1. The monoisotopic (exact) mass is 393 g/mol. The maximum atomic E-state index is 12.6. The number of aromatic nitrogens is 1. The quantitative estimate of drug-likeness (QED) is 0.847. The van der Waals surface area contributed by atoms with Gasteiger partial charge in [-0.15, -0.1) is 0 Å². The average Bonchev–Trinajstić information content (AvgIpc) is 3.04. The Labute approximate surface area is 161 Å². The van der Waals surface area contributed by atoms with Crippen molar-refractivity contribution in [1.82, 2.24) is 14.6 Å². The van der Waals surface area contributed by atoms with Gasteiger partial charge in [0.1, 0.15) is 9.36 Å². The molecule has 0 spiro atoms. The summed E-state index contributed by atoms with van der Waals surface area (Å²) >= 11 is 8.75. The predicted molar refractivity (Wildman–Crippen MR) is 103 cm³/mol. The number of hydrogen-bond acceptors (Lipinski definition) is 5. The van der Waals surface area contributed by atoms with Gasteiger partial charge in [-0.1, -0.05) is 23.4 Å². The molecule has 3 saturated heterocycles. The van der Waals surface area contributed by atoms with Crippen molar-refractivity contribution in [2.45, 2.75) is 41.8 Å². The van der Waals surface area contributed by atoms with Gasteiger partial charge in [-0.2, -0.15) is 4.37 Å². The van der Waals surface area contributed by atoms with Crippen molar-refractivity contribution < 1.29 is 4.79 Å². The maximum Gasteiger partial charge on any atom is 0.251 e. The highest BCUT2D eigenvalue weighted by atomic mass is 35.5. The molecule has 0 radical (unpaired) electrons. The van der Waals surface area contributed by atoms with E-state index in [1.165, 1.54) is 37.5 Å². The Kier molecular flexibility index (Phi) is 5.04. The number of carbonyl (C=O) groups excluding carboxylic acids is 1. The molecule has 5 rings (SSSR count). The van der Waals surface area contributed by atoms with Crippen molar-refractivity contribution in [3.05, 3.63) is 40.2 Å². The largest absolute Gasteiger partial charge is 0.347 e. The predicted octanol–water partition coefficient (Wildman–Crippen LogP) is 4.16. The number of benzene rings is 1. The normalized spacial score (nSPS) is 28.1. The zero-order chi connectivity index (χ0) is 17.4. The Morgan fingerprint density at radius 1 is 1.32 bits per heavy atom. The third-order valence-electron chi connectivity index (χ3n) is 5.27. The summed E-state index contributed by atoms with van der Waals surface area (Å²) in [6, 6.07) is 10.3. The topological polar surface area (TPSA) is 45.2 Å². The van der Waals surface area contributed by atoms with Crippen molar-refractivity contribution in [3.8, 4) is 0 Å². The van der Waals surface area contributed by atoms with E-state index in [2.05, 4.69) is 21.5 Å². The van der Waals surface area contributed by atoms with E-state index < -0.39 is 0 Å². The molecule has 25 heavy (non-hydrogen) atoms. The lowest BCUT2D eigenvalue weighted by molar-refractivity contribution is 0.0217. The summed E-state index contributed by atoms with van der Waals surface area (Å²) in [4.78, 5) is 16.2. The van der Waals surface area contributed by atoms with Gasteiger partial charge >= 0.3 is 0 Å². The smallest absolute Gasteiger partial charge is 0.251 e. The molecule has 0 aliphatic carbocycles. The molecule has 1 amide bonds. The lowest BCUT2D eigenvalue weighted by Crippen LogP contribution is -2.62. The number of carbonyl (C=O) groups is 1. The number of piperidine rings is 3. The summed E-state index contributed by atoms with van der Waals surface area (Å²) in [5.74, 6) is 0.645. The molecule has 1 aromatic heterocycles. The zero-order valence-corrected chi connectivity index (χ0v) is 16.3. The van der Waals surface area contributed by atoms with Gasteiger partial charge in [0.2, 0.25) is 0 Å². The summed E-state index contributed by atoms with van der Waals surface area (Å²) in [7, 11) is 0. The first-order chi connectivity index (χ1) is 12.1. The van der Waals surface area contributed by atoms with Crippen molar-refractivity contribution in [2.24, 2.45) is 5.92 Å². The summed E-state index contributed by atoms with van der Waals surface area (Å²) in [5.41, 5.74) is 0.712. The molecule has 1 N–H and O–H groups in total. The molecule has 3 aliphatic rings. The second kappa shape index (κ2) is 7.27. The van der Waals surface area contributed by atoms with Crippen LogP contribution in [0.15, 0.2) is 40.3 Å². The molecule has 1 aromatic carbocycles. The molecule has 4 nitrogen and oxygen atoms in total. The molecule has 2 aromatic rings. The van der Waals surface area contributed by atoms with E-state index >= 15 is 0 Å². The summed E-state index contributed by atoms with van der Waals surface area (Å²) in [6.07, 6.45) is 2.39. The maximum absolute atomic E-state index is 12.6. The third-order valence-corrected chi connectivity index (χ3v) is 7.21. The highest BCUT2D eigenvalue weighted by Gasteiger charge is 2.40. The van der Waals surface area contributed by atoms with Crippen molar-refractivity contribution in [2.75, 3.05) is 13.1 Å². The van der Waals surface area contributed by atoms with Gasteiger partial charge in [0.05, 0.1) is 0 Å². The average molecular weight is 394 g/mol. The summed E-state index contributed by atoms with van der Waals surface area (Å²) in [5, 5.41) is 4.16. The van der Waals surface area contributed by atoms with E-state index in [0.29, 0.717) is 21.9 Å². The van der Waals surface area contributed by atoms with Gasteiger partial charge in [0, 0.05) is 28.6 Å². The summed E-state index contributed by atoms with van der Waals surface area (Å²) < 4.78 is 4.95. The number of amides is 1. The second-order valence-electron chi connectivity index (χ2n) is 6.71. The SMILES string of the molecule is CC1C(NC(=O)c2ccc(Sc3cc(Cl)sn3)cc2)C2CCN1CC2. The van der Waals surface area contributed by atoms with Crippen LogP contribution in [0, 0.1) is 5.92 Å². The number of halogens is 1. The fourth-order valence-corrected chi connectivity index (χ4v) is 5.55. The second-order valence-corrected chi connectivity index (χ2v) is 9.24. The fraction of sp³-hybridized carbons (Fsp3) is 0.444. The van der Waals surface area contributed by atoms with Gasteiger partial charge < -0.3 is 5.32 Å². The minimum absolute atomic E-state index is 0.0267. The van der Waals surface area contributed by atoms with E-state index in [-0.39, 0.29) is 11.9 Å². The van der Waals surface area contributed by atoms with E-state index in [1.807, 2.05) is 30.3 Å². The molecular weight excluding hydrogens is 374 g/mol. The van der Waals surface area contributed by atoms with Crippen LogP contribution in [0.3, 0.4) is 0 Å². The lowest BCUT2D eigenvalue weighted by Gasteiger charge is -2.49. The Morgan fingerprint density at radius 2 is 2.04 bits per heavy atom. The van der Waals surface area contributed by atoms with Gasteiger partial charge in [-0.05, 0) is 74.6 Å². The molecule has 2 unspecified atom stereocenters. The van der Waals surface area contributed by atoms with Gasteiger partial charge in [-0.25, -0.2) is 0 Å². The zero-order valence-electron chi connectivity index (χ0n) is 13.9. The van der Waals surface area contributed by atoms with Crippen LogP contribution < -0.4 is 5.32 Å². The Bertz CT molecular complexity index is 754. The molecular formula is C18H20ClN3OS2. The highest BCUT2D eigenvalue weighted by Crippen LogP contribution is 2.33. The minimum atomic E-state index is 0.0267. The Hall–Kier alpha value is -1.08.